The van der Waals surface area contributed by atoms with Crippen LogP contribution in [0.25, 0.3) is 17.2 Å². The summed E-state index contributed by atoms with van der Waals surface area (Å²) < 4.78 is 5.52. The number of carbonyl (C=O) groups excluding carboxylic acids is 1. The Labute approximate surface area is 198 Å². The smallest absolute Gasteiger partial charge is 0.419 e. The molecule has 4 aromatic carbocycles. The van der Waals surface area contributed by atoms with Crippen molar-refractivity contribution in [2.45, 2.75) is 0 Å². The van der Waals surface area contributed by atoms with Crippen LogP contribution in [0.3, 0.4) is 0 Å². The van der Waals surface area contributed by atoms with Gasteiger partial charge in [-0.15, -0.1) is 0 Å². The first kappa shape index (κ1) is 22.6. The zero-order valence-electron chi connectivity index (χ0n) is 18.4. The van der Waals surface area contributed by atoms with Crippen LogP contribution in [0.2, 0.25) is 0 Å². The van der Waals surface area contributed by atoms with Crippen molar-refractivity contribution in [2.24, 2.45) is 0 Å². The van der Waals surface area contributed by atoms with Crippen molar-refractivity contribution in [1.82, 2.24) is 0 Å². The van der Waals surface area contributed by atoms with Gasteiger partial charge in [0.1, 0.15) is 6.61 Å². The molecule has 0 aliphatic rings. The number of ether oxygens (including phenoxy) is 1. The van der Waals surface area contributed by atoms with E-state index in [1.165, 1.54) is 4.90 Å². The van der Waals surface area contributed by atoms with Crippen LogP contribution < -0.4 is 4.90 Å². The quantitative estimate of drug-likeness (QED) is 0.329. The molecule has 0 fully saturated rings. The highest BCUT2D eigenvalue weighted by Crippen LogP contribution is 2.27. The highest BCUT2D eigenvalue weighted by atomic mass is 16.6. The molecule has 0 aromatic heterocycles. The lowest BCUT2D eigenvalue weighted by Crippen LogP contribution is -2.26. The lowest BCUT2D eigenvalue weighted by atomic mass is 9.98. The molecule has 0 aliphatic carbocycles. The summed E-state index contributed by atoms with van der Waals surface area (Å²) in [6, 6.07) is 33.1. The highest BCUT2D eigenvalue weighted by Gasteiger charge is 2.18. The number of nitrogens with zero attached hydrogens (tertiary/aromatic N) is 1. The van der Waals surface area contributed by atoms with E-state index in [2.05, 4.69) is 0 Å². The van der Waals surface area contributed by atoms with Gasteiger partial charge < -0.3 is 9.84 Å². The number of carbonyl (C=O) groups is 2. The van der Waals surface area contributed by atoms with Crippen LogP contribution in [-0.4, -0.2) is 23.8 Å². The van der Waals surface area contributed by atoms with Gasteiger partial charge in [-0.25, -0.2) is 14.5 Å². The SMILES string of the molecule is O=C(O)c1ccccc1-c1cccc(C=CCOC(=O)N(c2ccccc2)c2ccccc2)c1. The van der Waals surface area contributed by atoms with E-state index in [1.807, 2.05) is 97.1 Å². The van der Waals surface area contributed by atoms with Gasteiger partial charge in [0.25, 0.3) is 0 Å². The molecule has 34 heavy (non-hydrogen) atoms. The summed E-state index contributed by atoms with van der Waals surface area (Å²) in [7, 11) is 0. The summed E-state index contributed by atoms with van der Waals surface area (Å²) >= 11 is 0. The molecular formula is C29H23NO4. The second kappa shape index (κ2) is 10.8. The first-order valence-corrected chi connectivity index (χ1v) is 10.8. The molecule has 0 unspecified atom stereocenters. The molecule has 5 heteroatoms. The van der Waals surface area contributed by atoms with Crippen LogP contribution in [0.1, 0.15) is 15.9 Å². The van der Waals surface area contributed by atoms with Crippen molar-refractivity contribution >= 4 is 29.5 Å². The number of benzene rings is 4. The minimum Gasteiger partial charge on any atom is -0.478 e. The molecule has 4 aromatic rings. The molecule has 0 bridgehead atoms. The van der Waals surface area contributed by atoms with Crippen LogP contribution in [0, 0.1) is 0 Å². The molecular weight excluding hydrogens is 426 g/mol. The normalized spacial score (nSPS) is 10.7. The van der Waals surface area contributed by atoms with Crippen molar-refractivity contribution in [2.75, 3.05) is 11.5 Å². The number of para-hydroxylation sites is 2. The molecule has 0 saturated heterocycles. The summed E-state index contributed by atoms with van der Waals surface area (Å²) in [5, 5.41) is 9.46. The summed E-state index contributed by atoms with van der Waals surface area (Å²) in [6.45, 7) is 0.0882. The van der Waals surface area contributed by atoms with Gasteiger partial charge in [-0.1, -0.05) is 78.9 Å². The standard InChI is InChI=1S/C29H23NO4/c31-28(32)27-19-8-7-18-26(27)23-13-9-11-22(21-23)12-10-20-34-29(33)30(24-14-3-1-4-15-24)25-16-5-2-6-17-25/h1-19,21H,20H2,(H,31,32). The topological polar surface area (TPSA) is 66.8 Å². The summed E-state index contributed by atoms with van der Waals surface area (Å²) in [4.78, 5) is 26.0. The summed E-state index contributed by atoms with van der Waals surface area (Å²) in [5.41, 5.74) is 4.01. The minimum absolute atomic E-state index is 0.0882. The molecule has 0 aliphatic heterocycles. The van der Waals surface area contributed by atoms with E-state index >= 15 is 0 Å². The number of anilines is 2. The lowest BCUT2D eigenvalue weighted by molar-refractivity contribution is 0.0697. The monoisotopic (exact) mass is 449 g/mol. The molecule has 168 valence electrons. The van der Waals surface area contributed by atoms with Gasteiger partial charge in [0, 0.05) is 0 Å². The zero-order valence-corrected chi connectivity index (χ0v) is 18.4. The van der Waals surface area contributed by atoms with Crippen LogP contribution in [0.5, 0.6) is 0 Å². The second-order valence-electron chi connectivity index (χ2n) is 7.46. The number of carboxylic acids is 1. The number of carboxylic acid groups (broad SMARTS) is 1. The van der Waals surface area contributed by atoms with E-state index in [4.69, 9.17) is 4.74 Å². The van der Waals surface area contributed by atoms with Crippen molar-refractivity contribution in [3.8, 4) is 11.1 Å². The maximum atomic E-state index is 12.9. The Kier molecular flexibility index (Phi) is 7.16. The number of aromatic carboxylic acids is 1. The van der Waals surface area contributed by atoms with Gasteiger partial charge in [-0.3, -0.25) is 0 Å². The Morgan fingerprint density at radius 3 is 2.03 bits per heavy atom. The predicted molar refractivity (Wildman–Crippen MR) is 134 cm³/mol. The Balaban J connectivity index is 1.47. The van der Waals surface area contributed by atoms with Gasteiger partial charge in [-0.2, -0.15) is 0 Å². The van der Waals surface area contributed by atoms with Crippen LogP contribution in [0.15, 0.2) is 115 Å². The molecule has 0 atom stereocenters. The second-order valence-corrected chi connectivity index (χ2v) is 7.46. The van der Waals surface area contributed by atoms with E-state index in [-0.39, 0.29) is 12.2 Å². The van der Waals surface area contributed by atoms with Gasteiger partial charge in [0.2, 0.25) is 0 Å². The number of hydrogen-bond acceptors (Lipinski definition) is 3. The van der Waals surface area contributed by atoms with Crippen LogP contribution >= 0.6 is 0 Å². The fourth-order valence-corrected chi connectivity index (χ4v) is 3.61. The number of rotatable bonds is 7. The lowest BCUT2D eigenvalue weighted by Gasteiger charge is -2.22. The summed E-state index contributed by atoms with van der Waals surface area (Å²) in [5.74, 6) is -0.968. The molecule has 1 amide bonds. The van der Waals surface area contributed by atoms with Gasteiger partial charge >= 0.3 is 12.1 Å². The largest absolute Gasteiger partial charge is 0.478 e. The minimum atomic E-state index is -0.968. The van der Waals surface area contributed by atoms with Crippen molar-refractivity contribution < 1.29 is 19.4 Å². The maximum Gasteiger partial charge on any atom is 0.419 e. The molecule has 4 rings (SSSR count). The Bertz CT molecular complexity index is 1260. The van der Waals surface area contributed by atoms with Crippen molar-refractivity contribution in [3.63, 3.8) is 0 Å². The Morgan fingerprint density at radius 2 is 1.38 bits per heavy atom. The van der Waals surface area contributed by atoms with Gasteiger partial charge in [0.15, 0.2) is 0 Å². The van der Waals surface area contributed by atoms with E-state index in [9.17, 15) is 14.7 Å². The third kappa shape index (κ3) is 5.40. The first-order chi connectivity index (χ1) is 16.6. The fraction of sp³-hybridized carbons (Fsp3) is 0.0345. The van der Waals surface area contributed by atoms with E-state index in [1.54, 1.807) is 24.3 Å². The summed E-state index contributed by atoms with van der Waals surface area (Å²) in [6.07, 6.45) is 3.12. The molecule has 0 spiro atoms. The van der Waals surface area contributed by atoms with Crippen molar-refractivity contribution in [3.05, 3.63) is 126 Å². The predicted octanol–water partition coefficient (Wildman–Crippen LogP) is 7.04. The Hall–Kier alpha value is -4.64. The molecule has 5 nitrogen and oxygen atoms in total. The van der Waals surface area contributed by atoms with Crippen LogP contribution in [-0.2, 0) is 4.74 Å². The number of amides is 1. The maximum absolute atomic E-state index is 12.9. The molecule has 1 N–H and O–H groups in total. The average Bonchev–Trinajstić information content (AvgIpc) is 2.88. The molecule has 0 heterocycles. The van der Waals surface area contributed by atoms with E-state index in [0.29, 0.717) is 16.9 Å². The third-order valence-electron chi connectivity index (χ3n) is 5.18. The van der Waals surface area contributed by atoms with Gasteiger partial charge in [0.05, 0.1) is 16.9 Å². The van der Waals surface area contributed by atoms with E-state index < -0.39 is 12.1 Å². The first-order valence-electron chi connectivity index (χ1n) is 10.8. The fourth-order valence-electron chi connectivity index (χ4n) is 3.61. The van der Waals surface area contributed by atoms with Gasteiger partial charge in [-0.05, 0) is 59.2 Å². The Morgan fingerprint density at radius 1 is 0.765 bits per heavy atom. The van der Waals surface area contributed by atoms with Crippen LogP contribution in [0.4, 0.5) is 16.2 Å². The van der Waals surface area contributed by atoms with Crippen molar-refractivity contribution in [1.29, 1.82) is 0 Å². The third-order valence-corrected chi connectivity index (χ3v) is 5.18. The van der Waals surface area contributed by atoms with E-state index in [0.717, 1.165) is 11.1 Å². The average molecular weight is 450 g/mol. The number of hydrogen-bond donors (Lipinski definition) is 1. The zero-order chi connectivity index (χ0) is 23.8. The molecule has 0 saturated carbocycles. The molecule has 0 radical (unpaired) electrons. The highest BCUT2D eigenvalue weighted by molar-refractivity contribution is 5.96.